The second-order valence-corrected chi connectivity index (χ2v) is 4.78. The van der Waals surface area contributed by atoms with Crippen LogP contribution in [0.25, 0.3) is 0 Å². The Labute approximate surface area is 83.6 Å². The van der Waals surface area contributed by atoms with Crippen molar-refractivity contribution in [2.75, 3.05) is 7.05 Å². The molecule has 1 rings (SSSR count). The molecule has 0 heterocycles. The predicted octanol–water partition coefficient (Wildman–Crippen LogP) is 0.648. The Balaban J connectivity index is 3.35. The van der Waals surface area contributed by atoms with Gasteiger partial charge in [-0.25, -0.2) is 13.1 Å². The summed E-state index contributed by atoms with van der Waals surface area (Å²) in [6.45, 7) is 1.53. The highest BCUT2D eigenvalue weighted by Gasteiger charge is 2.17. The van der Waals surface area contributed by atoms with Gasteiger partial charge in [-0.2, -0.15) is 0 Å². The summed E-state index contributed by atoms with van der Waals surface area (Å²) in [5, 5.41) is 9.37. The number of aliphatic hydroxyl groups is 1. The van der Waals surface area contributed by atoms with E-state index in [1.165, 1.54) is 20.0 Å². The lowest BCUT2D eigenvalue weighted by molar-refractivity contribution is 0.196. The lowest BCUT2D eigenvalue weighted by Gasteiger charge is -2.11. The largest absolute Gasteiger partial charge is 0.389 e. The number of benzene rings is 1. The zero-order valence-electron chi connectivity index (χ0n) is 8.06. The van der Waals surface area contributed by atoms with Crippen LogP contribution in [0.3, 0.4) is 0 Å². The van der Waals surface area contributed by atoms with Gasteiger partial charge in [0.1, 0.15) is 0 Å². The normalized spacial score (nSPS) is 13.9. The van der Waals surface area contributed by atoms with Gasteiger partial charge in [0.2, 0.25) is 10.0 Å². The minimum absolute atomic E-state index is 0.123. The third-order valence-corrected chi connectivity index (χ3v) is 3.42. The molecule has 0 aliphatic carbocycles. The highest BCUT2D eigenvalue weighted by Crippen LogP contribution is 2.21. The maximum Gasteiger partial charge on any atom is 0.240 e. The van der Waals surface area contributed by atoms with E-state index >= 15 is 0 Å². The summed E-state index contributed by atoms with van der Waals surface area (Å²) in [7, 11) is -2.14. The molecule has 78 valence electrons. The van der Waals surface area contributed by atoms with Crippen molar-refractivity contribution in [3.63, 3.8) is 0 Å². The third kappa shape index (κ3) is 2.12. The van der Waals surface area contributed by atoms with Crippen molar-refractivity contribution in [3.05, 3.63) is 29.8 Å². The highest BCUT2D eigenvalue weighted by atomic mass is 32.2. The standard InChI is InChI=1S/C9H13NO3S/c1-7(11)8-5-3-4-6-9(8)14(12,13)10-2/h3-7,10-11H,1-2H3. The van der Waals surface area contributed by atoms with Crippen LogP contribution in [-0.2, 0) is 10.0 Å². The van der Waals surface area contributed by atoms with E-state index in [-0.39, 0.29) is 4.90 Å². The molecule has 1 unspecified atom stereocenters. The number of hydrogen-bond acceptors (Lipinski definition) is 3. The maximum absolute atomic E-state index is 11.5. The number of sulfonamides is 1. The molecule has 4 nitrogen and oxygen atoms in total. The van der Waals surface area contributed by atoms with Gasteiger partial charge in [0, 0.05) is 5.56 Å². The molecule has 1 atom stereocenters. The molecule has 14 heavy (non-hydrogen) atoms. The fourth-order valence-corrected chi connectivity index (χ4v) is 2.21. The first-order valence-electron chi connectivity index (χ1n) is 4.19. The van der Waals surface area contributed by atoms with E-state index in [0.29, 0.717) is 5.56 Å². The third-order valence-electron chi connectivity index (χ3n) is 1.93. The summed E-state index contributed by atoms with van der Waals surface area (Å²) in [6.07, 6.45) is -0.797. The van der Waals surface area contributed by atoms with Crippen molar-refractivity contribution in [2.24, 2.45) is 0 Å². The molecule has 0 spiro atoms. The summed E-state index contributed by atoms with van der Waals surface area (Å²) < 4.78 is 25.2. The molecular formula is C9H13NO3S. The summed E-state index contributed by atoms with van der Waals surface area (Å²) in [5.74, 6) is 0. The molecule has 0 aromatic heterocycles. The van der Waals surface area contributed by atoms with Crippen molar-refractivity contribution in [3.8, 4) is 0 Å². The first-order valence-corrected chi connectivity index (χ1v) is 5.68. The van der Waals surface area contributed by atoms with Gasteiger partial charge in [-0.05, 0) is 20.0 Å². The molecule has 2 N–H and O–H groups in total. The lowest BCUT2D eigenvalue weighted by Crippen LogP contribution is -2.20. The molecule has 0 saturated heterocycles. The number of aliphatic hydroxyl groups excluding tert-OH is 1. The summed E-state index contributed by atoms with van der Waals surface area (Å²) >= 11 is 0. The molecule has 0 radical (unpaired) electrons. The molecule has 0 aliphatic heterocycles. The molecule has 0 fully saturated rings. The summed E-state index contributed by atoms with van der Waals surface area (Å²) in [4.78, 5) is 0.123. The summed E-state index contributed by atoms with van der Waals surface area (Å²) in [6, 6.07) is 6.37. The number of nitrogens with one attached hydrogen (secondary N) is 1. The van der Waals surface area contributed by atoms with E-state index in [1.54, 1.807) is 18.2 Å². The van der Waals surface area contributed by atoms with Gasteiger partial charge in [-0.3, -0.25) is 0 Å². The minimum Gasteiger partial charge on any atom is -0.389 e. The zero-order valence-corrected chi connectivity index (χ0v) is 8.88. The molecule has 0 aliphatic rings. The Bertz CT molecular complexity index is 412. The van der Waals surface area contributed by atoms with Crippen molar-refractivity contribution >= 4 is 10.0 Å². The molecular weight excluding hydrogens is 202 g/mol. The van der Waals surface area contributed by atoms with Crippen molar-refractivity contribution < 1.29 is 13.5 Å². The highest BCUT2D eigenvalue weighted by molar-refractivity contribution is 7.89. The zero-order chi connectivity index (χ0) is 10.8. The fourth-order valence-electron chi connectivity index (χ4n) is 1.18. The quantitative estimate of drug-likeness (QED) is 0.778. The Morgan fingerprint density at radius 2 is 1.93 bits per heavy atom. The first kappa shape index (κ1) is 11.2. The number of rotatable bonds is 3. The molecule has 1 aromatic carbocycles. The van der Waals surface area contributed by atoms with Crippen LogP contribution in [0.5, 0.6) is 0 Å². The van der Waals surface area contributed by atoms with E-state index in [9.17, 15) is 13.5 Å². The predicted molar refractivity (Wildman–Crippen MR) is 53.3 cm³/mol. The molecule has 1 aromatic rings. The molecule has 0 amide bonds. The maximum atomic E-state index is 11.5. The van der Waals surface area contributed by atoms with Gasteiger partial charge in [-0.15, -0.1) is 0 Å². The van der Waals surface area contributed by atoms with E-state index in [4.69, 9.17) is 0 Å². The second-order valence-electron chi connectivity index (χ2n) is 2.92. The van der Waals surface area contributed by atoms with Crippen LogP contribution in [0.15, 0.2) is 29.2 Å². The van der Waals surface area contributed by atoms with E-state index in [0.717, 1.165) is 0 Å². The second kappa shape index (κ2) is 4.08. The SMILES string of the molecule is CNS(=O)(=O)c1ccccc1C(C)O. The van der Waals surface area contributed by atoms with Gasteiger partial charge in [0.15, 0.2) is 0 Å². The Kier molecular flexibility index (Phi) is 3.25. The van der Waals surface area contributed by atoms with Gasteiger partial charge in [0.05, 0.1) is 11.0 Å². The van der Waals surface area contributed by atoms with Crippen LogP contribution in [0.1, 0.15) is 18.6 Å². The molecule has 0 bridgehead atoms. The van der Waals surface area contributed by atoms with Crippen LogP contribution in [0, 0.1) is 0 Å². The fraction of sp³-hybridized carbons (Fsp3) is 0.333. The van der Waals surface area contributed by atoms with Gasteiger partial charge in [-0.1, -0.05) is 18.2 Å². The first-order chi connectivity index (χ1) is 6.49. The van der Waals surface area contributed by atoms with E-state index in [1.807, 2.05) is 0 Å². The van der Waals surface area contributed by atoms with Crippen molar-refractivity contribution in [1.29, 1.82) is 0 Å². The van der Waals surface area contributed by atoms with Crippen LogP contribution in [-0.4, -0.2) is 20.6 Å². The van der Waals surface area contributed by atoms with Gasteiger partial charge >= 0.3 is 0 Å². The van der Waals surface area contributed by atoms with Crippen LogP contribution >= 0.6 is 0 Å². The minimum atomic E-state index is -3.48. The molecule has 0 saturated carbocycles. The van der Waals surface area contributed by atoms with Crippen molar-refractivity contribution in [2.45, 2.75) is 17.9 Å². The average Bonchev–Trinajstić information content (AvgIpc) is 2.18. The lowest BCUT2D eigenvalue weighted by atomic mass is 10.1. The van der Waals surface area contributed by atoms with Gasteiger partial charge < -0.3 is 5.11 Å². The van der Waals surface area contributed by atoms with E-state index < -0.39 is 16.1 Å². The topological polar surface area (TPSA) is 66.4 Å². The Hall–Kier alpha value is -0.910. The summed E-state index contributed by atoms with van der Waals surface area (Å²) in [5.41, 5.74) is 0.404. The van der Waals surface area contributed by atoms with E-state index in [2.05, 4.69) is 4.72 Å². The van der Waals surface area contributed by atoms with Crippen LogP contribution in [0.4, 0.5) is 0 Å². The Morgan fingerprint density at radius 1 is 1.36 bits per heavy atom. The average molecular weight is 215 g/mol. The van der Waals surface area contributed by atoms with Crippen LogP contribution in [0.2, 0.25) is 0 Å². The Morgan fingerprint density at radius 3 is 2.43 bits per heavy atom. The van der Waals surface area contributed by atoms with Crippen LogP contribution < -0.4 is 4.72 Å². The monoisotopic (exact) mass is 215 g/mol. The van der Waals surface area contributed by atoms with Gasteiger partial charge in [0.25, 0.3) is 0 Å². The number of hydrogen-bond donors (Lipinski definition) is 2. The smallest absolute Gasteiger partial charge is 0.240 e. The van der Waals surface area contributed by atoms with Crippen molar-refractivity contribution in [1.82, 2.24) is 4.72 Å². The molecule has 5 heteroatoms.